The summed E-state index contributed by atoms with van der Waals surface area (Å²) in [4.78, 5) is 10.0. The molecule has 4 nitrogen and oxygen atoms in total. The van der Waals surface area contributed by atoms with Gasteiger partial charge in [0.05, 0.1) is 0 Å². The minimum absolute atomic E-state index is 0.244. The number of nitrogens with zero attached hydrogens (tertiary/aromatic N) is 3. The molecule has 2 heterocycles. The Morgan fingerprint density at radius 1 is 1.45 bits per heavy atom. The fraction of sp³-hybridized carbons (Fsp3) is 0.318. The van der Waals surface area contributed by atoms with Gasteiger partial charge in [-0.05, 0) is 55.2 Å². The summed E-state index contributed by atoms with van der Waals surface area (Å²) in [7, 11) is 4.01. The highest BCUT2D eigenvalue weighted by atomic mass is 79.9. The molecule has 1 aromatic rings. The monoisotopic (exact) mass is 542 g/mol. The van der Waals surface area contributed by atoms with Crippen LogP contribution in [-0.4, -0.2) is 41.7 Å². The Bertz CT molecular complexity index is 961. The van der Waals surface area contributed by atoms with Crippen LogP contribution in [0.3, 0.4) is 0 Å². The normalized spacial score (nSPS) is 21.5. The summed E-state index contributed by atoms with van der Waals surface area (Å²) in [5.41, 5.74) is 2.98. The number of fused-ring (bicyclic) bond motifs is 1. The Labute approximate surface area is 205 Å². The molecule has 0 spiro atoms. The van der Waals surface area contributed by atoms with E-state index in [1.54, 1.807) is 30.0 Å². The first kappa shape index (κ1) is 24.6. The SMILES string of the molecule is C=C(S/C=C\C)C1=N[C@@H](c2ccc(F)cc2Cl)C(/C=C/Br)=C2CC(NSN(C)C)CN12. The zero-order valence-corrected chi connectivity index (χ0v) is 21.6. The van der Waals surface area contributed by atoms with Crippen LogP contribution in [0.1, 0.15) is 24.9 Å². The van der Waals surface area contributed by atoms with Crippen molar-refractivity contribution in [1.82, 2.24) is 13.9 Å². The topological polar surface area (TPSA) is 30.9 Å². The van der Waals surface area contributed by atoms with Crippen molar-refractivity contribution in [2.75, 3.05) is 20.6 Å². The molecule has 3 rings (SSSR count). The molecule has 1 fully saturated rings. The lowest BCUT2D eigenvalue weighted by atomic mass is 9.94. The van der Waals surface area contributed by atoms with Crippen LogP contribution >= 0.6 is 51.4 Å². The van der Waals surface area contributed by atoms with Gasteiger partial charge >= 0.3 is 0 Å². The average molecular weight is 544 g/mol. The summed E-state index contributed by atoms with van der Waals surface area (Å²) < 4.78 is 19.3. The third kappa shape index (κ3) is 5.86. The van der Waals surface area contributed by atoms with E-state index in [9.17, 15) is 4.39 Å². The summed E-state index contributed by atoms with van der Waals surface area (Å²) in [6.45, 7) is 7.03. The van der Waals surface area contributed by atoms with Gasteiger partial charge in [0, 0.05) is 52.3 Å². The number of rotatable bonds is 8. The second kappa shape index (κ2) is 11.2. The van der Waals surface area contributed by atoms with E-state index in [0.29, 0.717) is 5.02 Å². The van der Waals surface area contributed by atoms with Crippen LogP contribution < -0.4 is 4.72 Å². The highest BCUT2D eigenvalue weighted by Crippen LogP contribution is 2.43. The van der Waals surface area contributed by atoms with Crippen LogP contribution in [0.4, 0.5) is 4.39 Å². The van der Waals surface area contributed by atoms with Crippen molar-refractivity contribution in [3.8, 4) is 0 Å². The third-order valence-electron chi connectivity index (χ3n) is 4.80. The van der Waals surface area contributed by atoms with Gasteiger partial charge in [0.1, 0.15) is 17.7 Å². The van der Waals surface area contributed by atoms with E-state index in [1.807, 2.05) is 47.9 Å². The molecule has 0 aliphatic carbocycles. The zero-order valence-electron chi connectivity index (χ0n) is 17.6. The summed E-state index contributed by atoms with van der Waals surface area (Å²) in [5.74, 6) is 0.467. The smallest absolute Gasteiger partial charge is 0.142 e. The van der Waals surface area contributed by atoms with Crippen LogP contribution in [0.15, 0.2) is 68.5 Å². The van der Waals surface area contributed by atoms with Crippen molar-refractivity contribution in [3.05, 3.63) is 79.9 Å². The maximum Gasteiger partial charge on any atom is 0.142 e. The first-order chi connectivity index (χ1) is 14.8. The molecule has 1 unspecified atom stereocenters. The van der Waals surface area contributed by atoms with E-state index >= 15 is 0 Å². The molecule has 2 atom stereocenters. The number of nitrogens with one attached hydrogen (secondary N) is 1. The van der Waals surface area contributed by atoms with Crippen LogP contribution in [0.5, 0.6) is 0 Å². The number of thioether (sulfide) groups is 1. The maximum atomic E-state index is 13.7. The van der Waals surface area contributed by atoms with E-state index in [4.69, 9.17) is 16.6 Å². The molecule has 31 heavy (non-hydrogen) atoms. The van der Waals surface area contributed by atoms with Crippen molar-refractivity contribution in [2.45, 2.75) is 25.4 Å². The molecule has 2 aliphatic heterocycles. The molecule has 1 saturated heterocycles. The standard InChI is InChI=1S/C22H25BrClFN4S2/c1-5-10-30-14(2)22-26-21(17-7-6-15(25)11-19(17)24)18(8-9-23)20-12-16(13-29(20)22)27-31-28(3)4/h5-11,16,21,27H,2,12-13H2,1,3-4H3/b9-8+,10-5-/t16?,21-/m0/s1. The van der Waals surface area contributed by atoms with Gasteiger partial charge in [0.25, 0.3) is 0 Å². The number of halogens is 3. The Kier molecular flexibility index (Phi) is 8.90. The Balaban J connectivity index is 2.08. The minimum atomic E-state index is -0.362. The molecule has 1 N–H and O–H groups in total. The fourth-order valence-electron chi connectivity index (χ4n) is 3.55. The van der Waals surface area contributed by atoms with Gasteiger partial charge in [-0.1, -0.05) is 58.0 Å². The van der Waals surface area contributed by atoms with Crippen molar-refractivity contribution >= 4 is 57.3 Å². The van der Waals surface area contributed by atoms with Crippen molar-refractivity contribution in [1.29, 1.82) is 0 Å². The van der Waals surface area contributed by atoms with E-state index in [2.05, 4.69) is 32.1 Å². The molecule has 0 amide bonds. The number of aliphatic imine (C=N–C) groups is 1. The van der Waals surface area contributed by atoms with Crippen LogP contribution in [0, 0.1) is 5.82 Å². The summed E-state index contributed by atoms with van der Waals surface area (Å²) in [6, 6.07) is 4.39. The summed E-state index contributed by atoms with van der Waals surface area (Å²) in [6.07, 6.45) is 4.82. The lowest BCUT2D eigenvalue weighted by Gasteiger charge is -2.33. The molecule has 1 aromatic carbocycles. The second-order valence-corrected chi connectivity index (χ2v) is 10.3. The number of hydrogen-bond donors (Lipinski definition) is 1. The first-order valence-electron chi connectivity index (χ1n) is 9.72. The number of allylic oxidation sites excluding steroid dienone is 1. The highest BCUT2D eigenvalue weighted by Gasteiger charge is 2.38. The molecule has 0 radical (unpaired) electrons. The quantitative estimate of drug-likeness (QED) is 0.370. The molecular weight excluding hydrogens is 519 g/mol. The molecular formula is C22H25BrClFN4S2. The first-order valence-corrected chi connectivity index (χ1v) is 12.7. The molecule has 0 aromatic heterocycles. The van der Waals surface area contributed by atoms with E-state index in [1.165, 1.54) is 17.8 Å². The van der Waals surface area contributed by atoms with Gasteiger partial charge < -0.3 is 4.90 Å². The van der Waals surface area contributed by atoms with Crippen molar-refractivity contribution < 1.29 is 4.39 Å². The van der Waals surface area contributed by atoms with Crippen LogP contribution in [0.25, 0.3) is 0 Å². The molecule has 0 saturated carbocycles. The molecule has 0 bridgehead atoms. The van der Waals surface area contributed by atoms with Crippen LogP contribution in [0.2, 0.25) is 5.02 Å². The van der Waals surface area contributed by atoms with Crippen molar-refractivity contribution in [3.63, 3.8) is 0 Å². The predicted molar refractivity (Wildman–Crippen MR) is 138 cm³/mol. The van der Waals surface area contributed by atoms with Crippen LogP contribution in [-0.2, 0) is 0 Å². The second-order valence-electron chi connectivity index (χ2n) is 7.26. The number of hydrogen-bond acceptors (Lipinski definition) is 6. The number of benzene rings is 1. The molecule has 166 valence electrons. The lowest BCUT2D eigenvalue weighted by Crippen LogP contribution is -2.35. The maximum absolute atomic E-state index is 13.7. The van der Waals surface area contributed by atoms with E-state index in [-0.39, 0.29) is 17.9 Å². The van der Waals surface area contributed by atoms with Gasteiger partial charge in [0.2, 0.25) is 0 Å². The average Bonchev–Trinajstić information content (AvgIpc) is 3.15. The van der Waals surface area contributed by atoms with Crippen molar-refractivity contribution in [2.24, 2.45) is 4.99 Å². The Hall–Kier alpha value is -1.03. The van der Waals surface area contributed by atoms with Gasteiger partial charge in [-0.2, -0.15) is 0 Å². The fourth-order valence-corrected chi connectivity index (χ4v) is 5.19. The van der Waals surface area contributed by atoms with Gasteiger partial charge in [0.15, 0.2) is 0 Å². The lowest BCUT2D eigenvalue weighted by molar-refractivity contribution is 0.526. The Morgan fingerprint density at radius 2 is 2.23 bits per heavy atom. The van der Waals surface area contributed by atoms with E-state index < -0.39 is 0 Å². The number of amidine groups is 1. The highest BCUT2D eigenvalue weighted by molar-refractivity contribution is 9.11. The summed E-state index contributed by atoms with van der Waals surface area (Å²) in [5, 5.41) is 2.36. The predicted octanol–water partition coefficient (Wildman–Crippen LogP) is 6.66. The summed E-state index contributed by atoms with van der Waals surface area (Å²) >= 11 is 13.0. The Morgan fingerprint density at radius 3 is 2.87 bits per heavy atom. The third-order valence-corrected chi connectivity index (χ3v) is 7.07. The van der Waals surface area contributed by atoms with Gasteiger partial charge in [-0.3, -0.25) is 4.99 Å². The van der Waals surface area contributed by atoms with E-state index in [0.717, 1.165) is 34.8 Å². The molecule has 9 heteroatoms. The van der Waals surface area contributed by atoms with Gasteiger partial charge in [-0.15, -0.1) is 0 Å². The zero-order chi connectivity index (χ0) is 22.5. The van der Waals surface area contributed by atoms with Gasteiger partial charge in [-0.25, -0.2) is 13.4 Å². The largest absolute Gasteiger partial charge is 0.327 e. The molecule has 2 aliphatic rings. The minimum Gasteiger partial charge on any atom is -0.327 e.